The minimum Gasteiger partial charge on any atom is -0.497 e. The predicted molar refractivity (Wildman–Crippen MR) is 122 cm³/mol. The lowest BCUT2D eigenvalue weighted by atomic mass is 10.1. The van der Waals surface area contributed by atoms with Crippen LogP contribution in [0.3, 0.4) is 0 Å². The van der Waals surface area contributed by atoms with Crippen LogP contribution in [-0.4, -0.2) is 76.4 Å². The number of piperazine rings is 1. The lowest BCUT2D eigenvalue weighted by Gasteiger charge is -2.35. The number of rotatable bonds is 6. The molecule has 2 aromatic carbocycles. The molecule has 2 fully saturated rings. The van der Waals surface area contributed by atoms with Crippen molar-refractivity contribution in [1.29, 1.82) is 0 Å². The molecule has 2 aromatic rings. The molecule has 0 aliphatic carbocycles. The Morgan fingerprint density at radius 3 is 2.29 bits per heavy atom. The second kappa shape index (κ2) is 9.59. The number of methoxy groups -OCH3 is 2. The number of nitrogens with zero attached hydrogens (tertiary/aromatic N) is 3. The molecule has 1 unspecified atom stereocenters. The van der Waals surface area contributed by atoms with Gasteiger partial charge in [0.25, 0.3) is 0 Å². The minimum absolute atomic E-state index is 0.0120. The van der Waals surface area contributed by atoms with Crippen LogP contribution >= 0.6 is 0 Å². The highest BCUT2D eigenvalue weighted by molar-refractivity contribution is 7.89. The molecule has 0 N–H and O–H groups in total. The van der Waals surface area contributed by atoms with Crippen molar-refractivity contribution in [2.75, 3.05) is 51.8 Å². The van der Waals surface area contributed by atoms with Gasteiger partial charge in [0.05, 0.1) is 30.7 Å². The molecule has 2 aliphatic heterocycles. The molecule has 0 spiro atoms. The van der Waals surface area contributed by atoms with E-state index in [-0.39, 0.29) is 55.9 Å². The van der Waals surface area contributed by atoms with Crippen molar-refractivity contribution >= 4 is 27.5 Å². The zero-order valence-corrected chi connectivity index (χ0v) is 19.8. The van der Waals surface area contributed by atoms with Crippen LogP contribution in [0.2, 0.25) is 0 Å². The summed E-state index contributed by atoms with van der Waals surface area (Å²) in [6.45, 7) is 0.882. The van der Waals surface area contributed by atoms with Crippen LogP contribution in [0.25, 0.3) is 0 Å². The van der Waals surface area contributed by atoms with Crippen LogP contribution in [0, 0.1) is 11.7 Å². The summed E-state index contributed by atoms with van der Waals surface area (Å²) in [5.41, 5.74) is 0.539. The van der Waals surface area contributed by atoms with Crippen molar-refractivity contribution in [3.05, 3.63) is 48.3 Å². The maximum absolute atomic E-state index is 13.2. The van der Waals surface area contributed by atoms with E-state index in [4.69, 9.17) is 9.47 Å². The first-order valence-corrected chi connectivity index (χ1v) is 12.3. The van der Waals surface area contributed by atoms with Crippen LogP contribution in [0.15, 0.2) is 47.4 Å². The van der Waals surface area contributed by atoms with E-state index >= 15 is 0 Å². The van der Waals surface area contributed by atoms with Crippen LogP contribution in [0.5, 0.6) is 11.5 Å². The van der Waals surface area contributed by atoms with Gasteiger partial charge in [0.2, 0.25) is 21.8 Å². The van der Waals surface area contributed by atoms with Crippen molar-refractivity contribution in [3.8, 4) is 11.5 Å². The van der Waals surface area contributed by atoms with E-state index in [9.17, 15) is 22.4 Å². The Hall–Kier alpha value is -3.18. The summed E-state index contributed by atoms with van der Waals surface area (Å²) in [6, 6.07) is 9.80. The number of ether oxygens (including phenoxy) is 2. The Labute approximate surface area is 197 Å². The second-order valence-corrected chi connectivity index (χ2v) is 10.1. The van der Waals surface area contributed by atoms with Crippen molar-refractivity contribution in [1.82, 2.24) is 9.21 Å². The third-order valence-electron chi connectivity index (χ3n) is 6.15. The Morgan fingerprint density at radius 2 is 1.68 bits per heavy atom. The summed E-state index contributed by atoms with van der Waals surface area (Å²) in [5, 5.41) is 0. The van der Waals surface area contributed by atoms with E-state index in [0.717, 1.165) is 12.1 Å². The van der Waals surface area contributed by atoms with Crippen molar-refractivity contribution < 1.29 is 31.9 Å². The molecule has 9 nitrogen and oxygen atoms in total. The second-order valence-electron chi connectivity index (χ2n) is 8.13. The quantitative estimate of drug-likeness (QED) is 0.611. The molecule has 182 valence electrons. The first-order valence-electron chi connectivity index (χ1n) is 10.8. The number of amides is 2. The van der Waals surface area contributed by atoms with Crippen molar-refractivity contribution in [2.45, 2.75) is 11.3 Å². The Kier molecular flexibility index (Phi) is 6.76. The highest BCUT2D eigenvalue weighted by Gasteiger charge is 2.40. The number of hydrogen-bond acceptors (Lipinski definition) is 6. The Balaban J connectivity index is 1.41. The maximum Gasteiger partial charge on any atom is 0.243 e. The number of benzene rings is 2. The monoisotopic (exact) mass is 491 g/mol. The van der Waals surface area contributed by atoms with E-state index < -0.39 is 21.8 Å². The molecule has 0 saturated carbocycles. The number of carbonyl (C=O) groups excluding carboxylic acids is 2. The molecule has 34 heavy (non-hydrogen) atoms. The van der Waals surface area contributed by atoms with Crippen LogP contribution in [0.4, 0.5) is 10.1 Å². The number of hydrogen-bond donors (Lipinski definition) is 0. The maximum atomic E-state index is 13.2. The van der Waals surface area contributed by atoms with Crippen LogP contribution in [0.1, 0.15) is 6.42 Å². The average molecular weight is 492 g/mol. The number of carbonyl (C=O) groups is 2. The van der Waals surface area contributed by atoms with Gasteiger partial charge in [-0.05, 0) is 36.4 Å². The number of sulfonamides is 1. The molecule has 4 rings (SSSR count). The molecule has 0 radical (unpaired) electrons. The molecular formula is C23H26FN3O6S. The molecular weight excluding hydrogens is 465 g/mol. The standard InChI is InChI=1S/C23H26FN3O6S/c1-32-18-5-8-21(33-2)20(14-18)27-15-16(13-22(27)28)23(29)25-9-11-26(12-10-25)34(30,31)19-6-3-17(24)4-7-19/h3-8,14,16H,9-13,15H2,1-2H3. The summed E-state index contributed by atoms with van der Waals surface area (Å²) in [5.74, 6) is -0.359. The largest absolute Gasteiger partial charge is 0.497 e. The Morgan fingerprint density at radius 1 is 1.00 bits per heavy atom. The zero-order valence-electron chi connectivity index (χ0n) is 18.9. The number of halogens is 1. The van der Waals surface area contributed by atoms with E-state index in [1.165, 1.54) is 35.6 Å². The van der Waals surface area contributed by atoms with E-state index in [1.807, 2.05) is 0 Å². The van der Waals surface area contributed by atoms with Gasteiger partial charge in [-0.3, -0.25) is 9.59 Å². The predicted octanol–water partition coefficient (Wildman–Crippen LogP) is 1.73. The fraction of sp³-hybridized carbons (Fsp3) is 0.391. The van der Waals surface area contributed by atoms with Gasteiger partial charge in [-0.2, -0.15) is 4.31 Å². The van der Waals surface area contributed by atoms with Crippen LogP contribution < -0.4 is 14.4 Å². The van der Waals surface area contributed by atoms with Gasteiger partial charge < -0.3 is 19.3 Å². The van der Waals surface area contributed by atoms with Gasteiger partial charge in [0.15, 0.2) is 0 Å². The smallest absolute Gasteiger partial charge is 0.243 e. The fourth-order valence-electron chi connectivity index (χ4n) is 4.28. The molecule has 2 amide bonds. The lowest BCUT2D eigenvalue weighted by Crippen LogP contribution is -2.52. The molecule has 2 aliphatic rings. The third-order valence-corrected chi connectivity index (χ3v) is 8.07. The van der Waals surface area contributed by atoms with Crippen molar-refractivity contribution in [2.24, 2.45) is 5.92 Å². The molecule has 1 atom stereocenters. The molecule has 11 heteroatoms. The topological polar surface area (TPSA) is 96.5 Å². The molecule has 0 aromatic heterocycles. The van der Waals surface area contributed by atoms with Gasteiger partial charge in [-0.15, -0.1) is 0 Å². The van der Waals surface area contributed by atoms with E-state index in [2.05, 4.69) is 0 Å². The molecule has 2 heterocycles. The lowest BCUT2D eigenvalue weighted by molar-refractivity contribution is -0.136. The SMILES string of the molecule is COc1ccc(OC)c(N2CC(C(=O)N3CCN(S(=O)(=O)c4ccc(F)cc4)CC3)CC2=O)c1. The summed E-state index contributed by atoms with van der Waals surface area (Å²) < 4.78 is 50.7. The van der Waals surface area contributed by atoms with Gasteiger partial charge in [-0.25, -0.2) is 12.8 Å². The highest BCUT2D eigenvalue weighted by Crippen LogP contribution is 2.36. The van der Waals surface area contributed by atoms with Crippen LogP contribution in [-0.2, 0) is 19.6 Å². The summed E-state index contributed by atoms with van der Waals surface area (Å²) >= 11 is 0. The Bertz CT molecular complexity index is 1180. The number of anilines is 1. The highest BCUT2D eigenvalue weighted by atomic mass is 32.2. The molecule has 2 saturated heterocycles. The van der Waals surface area contributed by atoms with E-state index in [0.29, 0.717) is 17.2 Å². The van der Waals surface area contributed by atoms with Gasteiger partial charge in [0.1, 0.15) is 17.3 Å². The minimum atomic E-state index is -3.77. The average Bonchev–Trinajstić information content (AvgIpc) is 3.24. The van der Waals surface area contributed by atoms with E-state index in [1.54, 1.807) is 23.1 Å². The van der Waals surface area contributed by atoms with Gasteiger partial charge in [-0.1, -0.05) is 0 Å². The third kappa shape index (κ3) is 4.58. The first kappa shape index (κ1) is 24.0. The fourth-order valence-corrected chi connectivity index (χ4v) is 5.70. The summed E-state index contributed by atoms with van der Waals surface area (Å²) in [6.07, 6.45) is 0.0628. The zero-order chi connectivity index (χ0) is 24.5. The first-order chi connectivity index (χ1) is 16.2. The molecule has 0 bridgehead atoms. The normalized spacial score (nSPS) is 19.4. The van der Waals surface area contributed by atoms with Crippen molar-refractivity contribution in [3.63, 3.8) is 0 Å². The summed E-state index contributed by atoms with van der Waals surface area (Å²) in [4.78, 5) is 29.0. The summed E-state index contributed by atoms with van der Waals surface area (Å²) in [7, 11) is -0.739. The van der Waals surface area contributed by atoms with Gasteiger partial charge in [0, 0.05) is 45.2 Å². The van der Waals surface area contributed by atoms with Gasteiger partial charge >= 0.3 is 0 Å².